The molecular formula is C17H18ClFN2O5. The van der Waals surface area contributed by atoms with E-state index in [0.29, 0.717) is 13.0 Å². The van der Waals surface area contributed by atoms with Crippen LogP contribution in [0.5, 0.6) is 0 Å². The minimum Gasteiger partial charge on any atom is -0.481 e. The van der Waals surface area contributed by atoms with Crippen molar-refractivity contribution in [3.8, 4) is 0 Å². The van der Waals surface area contributed by atoms with Gasteiger partial charge in [-0.15, -0.1) is 0 Å². The van der Waals surface area contributed by atoms with E-state index in [1.54, 1.807) is 0 Å². The lowest BCUT2D eigenvalue weighted by atomic mass is 9.81. The maximum absolute atomic E-state index is 13.9. The molecule has 1 aromatic carbocycles. The van der Waals surface area contributed by atoms with Crippen LogP contribution >= 0.6 is 11.6 Å². The lowest BCUT2D eigenvalue weighted by Gasteiger charge is -2.23. The topological polar surface area (TPSA) is 95.9 Å². The predicted octanol–water partition coefficient (Wildman–Crippen LogP) is 2.98. The van der Waals surface area contributed by atoms with Crippen LogP contribution in [0.2, 0.25) is 5.02 Å². The standard InChI is InChI=1S/C17H18ClFN2O5/c1-26-14(22)11-5-10(6-12(18)13(11)19)20-16(25)21-7-9-3-2-4-17(9,8-21)15(23)24/h5-6,9H,2-4,7-8H2,1H3,(H,20,25)(H,23,24)/t9-,17+/m0/s1. The summed E-state index contributed by atoms with van der Waals surface area (Å²) < 4.78 is 18.4. The van der Waals surface area contributed by atoms with Crippen LogP contribution in [0.25, 0.3) is 0 Å². The smallest absolute Gasteiger partial charge is 0.340 e. The number of urea groups is 1. The number of esters is 1. The van der Waals surface area contributed by atoms with Crippen molar-refractivity contribution in [1.29, 1.82) is 0 Å². The van der Waals surface area contributed by atoms with Gasteiger partial charge in [0.2, 0.25) is 0 Å². The van der Waals surface area contributed by atoms with Crippen LogP contribution in [0.1, 0.15) is 29.6 Å². The Morgan fingerprint density at radius 3 is 2.77 bits per heavy atom. The Bertz CT molecular complexity index is 787. The van der Waals surface area contributed by atoms with Crippen molar-refractivity contribution in [2.24, 2.45) is 11.3 Å². The molecule has 7 nitrogen and oxygen atoms in total. The maximum atomic E-state index is 13.9. The van der Waals surface area contributed by atoms with Crippen molar-refractivity contribution in [2.45, 2.75) is 19.3 Å². The highest BCUT2D eigenvalue weighted by atomic mass is 35.5. The molecule has 0 bridgehead atoms. The number of carbonyl (C=O) groups is 3. The van der Waals surface area contributed by atoms with Gasteiger partial charge in [0.1, 0.15) is 0 Å². The van der Waals surface area contributed by atoms with Gasteiger partial charge in [0.05, 0.1) is 23.1 Å². The van der Waals surface area contributed by atoms with Gasteiger partial charge < -0.3 is 20.1 Å². The van der Waals surface area contributed by atoms with Crippen LogP contribution < -0.4 is 5.32 Å². The Labute approximate surface area is 154 Å². The molecule has 0 aromatic heterocycles. The quantitative estimate of drug-likeness (QED) is 0.781. The summed E-state index contributed by atoms with van der Waals surface area (Å²) in [5.74, 6) is -2.81. The average molecular weight is 385 g/mol. The lowest BCUT2D eigenvalue weighted by molar-refractivity contribution is -0.149. The molecule has 3 rings (SSSR count). The molecule has 140 valence electrons. The minimum absolute atomic E-state index is 0.0758. The first-order chi connectivity index (χ1) is 12.3. The van der Waals surface area contributed by atoms with E-state index in [2.05, 4.69) is 10.1 Å². The molecule has 9 heteroatoms. The number of carboxylic acids is 1. The van der Waals surface area contributed by atoms with Gasteiger partial charge in [-0.3, -0.25) is 4.79 Å². The molecule has 0 unspecified atom stereocenters. The van der Waals surface area contributed by atoms with E-state index in [4.69, 9.17) is 11.6 Å². The SMILES string of the molecule is COC(=O)c1cc(NC(=O)N2C[C@@H]3CCC[C@@]3(C(=O)O)C2)cc(Cl)c1F. The number of fused-ring (bicyclic) bond motifs is 1. The van der Waals surface area contributed by atoms with E-state index in [1.807, 2.05) is 0 Å². The molecule has 0 spiro atoms. The van der Waals surface area contributed by atoms with Crippen molar-refractivity contribution < 1.29 is 28.6 Å². The summed E-state index contributed by atoms with van der Waals surface area (Å²) in [4.78, 5) is 37.3. The highest BCUT2D eigenvalue weighted by molar-refractivity contribution is 6.31. The number of benzene rings is 1. The van der Waals surface area contributed by atoms with Gasteiger partial charge in [-0.2, -0.15) is 0 Å². The minimum atomic E-state index is -0.933. The zero-order chi connectivity index (χ0) is 19.1. The van der Waals surface area contributed by atoms with Gasteiger partial charge in [-0.05, 0) is 30.9 Å². The Morgan fingerprint density at radius 2 is 2.15 bits per heavy atom. The van der Waals surface area contributed by atoms with E-state index in [-0.39, 0.29) is 23.2 Å². The fraction of sp³-hybridized carbons (Fsp3) is 0.471. The molecule has 1 saturated carbocycles. The van der Waals surface area contributed by atoms with Gasteiger partial charge in [-0.1, -0.05) is 18.0 Å². The number of methoxy groups -OCH3 is 1. The number of carbonyl (C=O) groups excluding carboxylic acids is 2. The maximum Gasteiger partial charge on any atom is 0.340 e. The van der Waals surface area contributed by atoms with Crippen molar-refractivity contribution in [1.82, 2.24) is 4.90 Å². The molecule has 2 N–H and O–H groups in total. The highest BCUT2D eigenvalue weighted by Crippen LogP contribution is 2.49. The Kier molecular flexibility index (Phi) is 4.79. The zero-order valence-corrected chi connectivity index (χ0v) is 14.8. The fourth-order valence-electron chi connectivity index (χ4n) is 3.92. The molecule has 2 atom stereocenters. The second-order valence-electron chi connectivity index (χ2n) is 6.67. The largest absolute Gasteiger partial charge is 0.481 e. The summed E-state index contributed by atoms with van der Waals surface area (Å²) in [5.41, 5.74) is -1.16. The lowest BCUT2D eigenvalue weighted by Crippen LogP contribution is -2.38. The number of carboxylic acid groups (broad SMARTS) is 1. The van der Waals surface area contributed by atoms with E-state index < -0.39 is 34.8 Å². The molecular weight excluding hydrogens is 367 g/mol. The number of rotatable bonds is 3. The molecule has 1 saturated heterocycles. The molecule has 2 amide bonds. The number of nitrogens with zero attached hydrogens (tertiary/aromatic N) is 1. The van der Waals surface area contributed by atoms with E-state index in [1.165, 1.54) is 11.0 Å². The highest BCUT2D eigenvalue weighted by Gasteiger charge is 2.55. The van der Waals surface area contributed by atoms with Gasteiger partial charge in [-0.25, -0.2) is 14.0 Å². The summed E-state index contributed by atoms with van der Waals surface area (Å²) >= 11 is 5.78. The van der Waals surface area contributed by atoms with Crippen molar-refractivity contribution in [3.05, 3.63) is 28.5 Å². The second kappa shape index (κ2) is 6.75. The van der Waals surface area contributed by atoms with Crippen LogP contribution in [0.4, 0.5) is 14.9 Å². The van der Waals surface area contributed by atoms with Gasteiger partial charge in [0.15, 0.2) is 5.82 Å². The Morgan fingerprint density at radius 1 is 1.42 bits per heavy atom. The van der Waals surface area contributed by atoms with Crippen LogP contribution in [-0.2, 0) is 9.53 Å². The molecule has 0 radical (unpaired) electrons. The Hall–Kier alpha value is -2.35. The third-order valence-corrected chi connectivity index (χ3v) is 5.54. The van der Waals surface area contributed by atoms with E-state index >= 15 is 0 Å². The zero-order valence-electron chi connectivity index (χ0n) is 14.1. The van der Waals surface area contributed by atoms with Crippen molar-refractivity contribution in [2.75, 3.05) is 25.5 Å². The molecule has 1 aliphatic heterocycles. The monoisotopic (exact) mass is 384 g/mol. The van der Waals surface area contributed by atoms with Crippen LogP contribution in [-0.4, -0.2) is 48.2 Å². The predicted molar refractivity (Wildman–Crippen MR) is 90.8 cm³/mol. The first-order valence-electron chi connectivity index (χ1n) is 8.15. The summed E-state index contributed by atoms with van der Waals surface area (Å²) in [6.07, 6.45) is 2.15. The molecule has 1 aliphatic carbocycles. The summed E-state index contributed by atoms with van der Waals surface area (Å²) in [7, 11) is 1.11. The van der Waals surface area contributed by atoms with Crippen molar-refractivity contribution in [3.63, 3.8) is 0 Å². The van der Waals surface area contributed by atoms with E-state index in [9.17, 15) is 23.9 Å². The number of hydrogen-bond acceptors (Lipinski definition) is 4. The first-order valence-corrected chi connectivity index (χ1v) is 8.53. The molecule has 26 heavy (non-hydrogen) atoms. The average Bonchev–Trinajstić information content (AvgIpc) is 3.15. The van der Waals surface area contributed by atoms with Gasteiger partial charge in [0, 0.05) is 18.8 Å². The third kappa shape index (κ3) is 2.98. The summed E-state index contributed by atoms with van der Waals surface area (Å²) in [5, 5.41) is 11.8. The molecule has 2 aliphatic rings. The third-order valence-electron chi connectivity index (χ3n) is 5.27. The molecule has 1 aromatic rings. The van der Waals surface area contributed by atoms with E-state index in [0.717, 1.165) is 26.0 Å². The number of halogens is 2. The van der Waals surface area contributed by atoms with Crippen LogP contribution in [0.3, 0.4) is 0 Å². The fourth-order valence-corrected chi connectivity index (χ4v) is 4.14. The summed E-state index contributed by atoms with van der Waals surface area (Å²) in [6.45, 7) is 0.467. The number of likely N-dealkylation sites (tertiary alicyclic amines) is 1. The number of amides is 2. The number of anilines is 1. The Balaban J connectivity index is 1.78. The van der Waals surface area contributed by atoms with Crippen LogP contribution in [0, 0.1) is 17.2 Å². The number of aliphatic carboxylic acids is 1. The van der Waals surface area contributed by atoms with Crippen LogP contribution in [0.15, 0.2) is 12.1 Å². The van der Waals surface area contributed by atoms with Crippen molar-refractivity contribution >= 4 is 35.3 Å². The number of ether oxygens (including phenoxy) is 1. The first kappa shape index (κ1) is 18.4. The number of nitrogens with one attached hydrogen (secondary N) is 1. The van der Waals surface area contributed by atoms with Gasteiger partial charge in [0.25, 0.3) is 0 Å². The van der Waals surface area contributed by atoms with Gasteiger partial charge >= 0.3 is 18.0 Å². The number of hydrogen-bond donors (Lipinski definition) is 2. The second-order valence-corrected chi connectivity index (χ2v) is 7.08. The normalized spacial score (nSPS) is 24.3. The molecule has 1 heterocycles. The molecule has 2 fully saturated rings. The summed E-state index contributed by atoms with van der Waals surface area (Å²) in [6, 6.07) is 1.80.